The standard InChI is InChI=1S/C17H28N2O/c1-5-17(4)9-11-19(12-10-17)14-7-6-8-15(16(14)18)20-13(2)3/h6-8,13H,5,9-12,18H2,1-4H3. The van der Waals surface area contributed by atoms with Gasteiger partial charge in [0.15, 0.2) is 0 Å². The van der Waals surface area contributed by atoms with E-state index < -0.39 is 0 Å². The van der Waals surface area contributed by atoms with Gasteiger partial charge in [0.2, 0.25) is 0 Å². The van der Waals surface area contributed by atoms with E-state index in [-0.39, 0.29) is 6.10 Å². The number of nitrogen functional groups attached to an aromatic ring is 1. The summed E-state index contributed by atoms with van der Waals surface area (Å²) in [5, 5.41) is 0. The fraction of sp³-hybridized carbons (Fsp3) is 0.647. The number of hydrogen-bond donors (Lipinski definition) is 1. The molecule has 20 heavy (non-hydrogen) atoms. The van der Waals surface area contributed by atoms with Crippen molar-refractivity contribution in [2.45, 2.75) is 53.1 Å². The van der Waals surface area contributed by atoms with Crippen molar-refractivity contribution in [2.24, 2.45) is 5.41 Å². The smallest absolute Gasteiger partial charge is 0.144 e. The Balaban J connectivity index is 2.14. The zero-order valence-corrected chi connectivity index (χ0v) is 13.3. The van der Waals surface area contributed by atoms with Crippen LogP contribution in [-0.2, 0) is 0 Å². The molecule has 0 unspecified atom stereocenters. The van der Waals surface area contributed by atoms with Crippen molar-refractivity contribution < 1.29 is 4.74 Å². The summed E-state index contributed by atoms with van der Waals surface area (Å²) in [6.45, 7) is 10.9. The lowest BCUT2D eigenvalue weighted by Crippen LogP contribution is -2.38. The quantitative estimate of drug-likeness (QED) is 0.842. The first-order chi connectivity index (χ1) is 9.45. The Morgan fingerprint density at radius 1 is 1.30 bits per heavy atom. The second-order valence-electron chi connectivity index (χ2n) is 6.51. The van der Waals surface area contributed by atoms with Gasteiger partial charge in [0.05, 0.1) is 17.5 Å². The van der Waals surface area contributed by atoms with Crippen molar-refractivity contribution >= 4 is 11.4 Å². The van der Waals surface area contributed by atoms with E-state index in [9.17, 15) is 0 Å². The molecule has 0 aromatic heterocycles. The molecule has 1 aliphatic heterocycles. The van der Waals surface area contributed by atoms with Crippen molar-refractivity contribution in [1.29, 1.82) is 0 Å². The molecule has 2 rings (SSSR count). The Morgan fingerprint density at radius 2 is 1.95 bits per heavy atom. The highest BCUT2D eigenvalue weighted by Crippen LogP contribution is 2.39. The first-order valence-corrected chi connectivity index (χ1v) is 7.75. The second-order valence-corrected chi connectivity index (χ2v) is 6.51. The first-order valence-electron chi connectivity index (χ1n) is 7.75. The van der Waals surface area contributed by atoms with Crippen molar-refractivity contribution in [3.05, 3.63) is 18.2 Å². The highest BCUT2D eigenvalue weighted by atomic mass is 16.5. The number of para-hydroxylation sites is 1. The van der Waals surface area contributed by atoms with E-state index in [1.54, 1.807) is 0 Å². The van der Waals surface area contributed by atoms with Gasteiger partial charge in [-0.2, -0.15) is 0 Å². The fourth-order valence-electron chi connectivity index (χ4n) is 2.81. The minimum atomic E-state index is 0.150. The van der Waals surface area contributed by atoms with Crippen LogP contribution in [0.1, 0.15) is 47.0 Å². The minimum absolute atomic E-state index is 0.150. The third-order valence-corrected chi connectivity index (χ3v) is 4.57. The van der Waals surface area contributed by atoms with Gasteiger partial charge in [0.25, 0.3) is 0 Å². The second kappa shape index (κ2) is 5.94. The molecular formula is C17H28N2O. The van der Waals surface area contributed by atoms with Gasteiger partial charge in [0, 0.05) is 13.1 Å². The number of nitrogens with zero attached hydrogens (tertiary/aromatic N) is 1. The summed E-state index contributed by atoms with van der Waals surface area (Å²) >= 11 is 0. The molecule has 0 amide bonds. The lowest BCUT2D eigenvalue weighted by atomic mass is 9.78. The van der Waals surface area contributed by atoms with E-state index in [0.29, 0.717) is 5.41 Å². The Labute approximate surface area is 123 Å². The Kier molecular flexibility index (Phi) is 4.46. The van der Waals surface area contributed by atoms with Gasteiger partial charge in [0.1, 0.15) is 5.75 Å². The molecule has 1 aliphatic rings. The lowest BCUT2D eigenvalue weighted by Gasteiger charge is -2.40. The van der Waals surface area contributed by atoms with Gasteiger partial charge in [-0.15, -0.1) is 0 Å². The Bertz CT molecular complexity index is 448. The number of rotatable bonds is 4. The molecule has 0 aliphatic carbocycles. The van der Waals surface area contributed by atoms with E-state index in [1.807, 2.05) is 26.0 Å². The highest BCUT2D eigenvalue weighted by Gasteiger charge is 2.29. The molecule has 0 saturated carbocycles. The SMILES string of the molecule is CCC1(C)CCN(c2cccc(OC(C)C)c2N)CC1. The van der Waals surface area contributed by atoms with Gasteiger partial charge in [-0.05, 0) is 44.2 Å². The lowest BCUT2D eigenvalue weighted by molar-refractivity contribution is 0.237. The number of ether oxygens (including phenoxy) is 1. The molecule has 0 atom stereocenters. The van der Waals surface area contributed by atoms with Crippen LogP contribution in [0, 0.1) is 5.41 Å². The summed E-state index contributed by atoms with van der Waals surface area (Å²) in [6, 6.07) is 6.10. The van der Waals surface area contributed by atoms with Gasteiger partial charge in [-0.3, -0.25) is 0 Å². The molecule has 0 radical (unpaired) electrons. The number of nitrogens with two attached hydrogens (primary N) is 1. The highest BCUT2D eigenvalue weighted by molar-refractivity contribution is 5.74. The summed E-state index contributed by atoms with van der Waals surface area (Å²) in [5.74, 6) is 0.807. The van der Waals surface area contributed by atoms with Gasteiger partial charge >= 0.3 is 0 Å². The van der Waals surface area contributed by atoms with Crippen molar-refractivity contribution in [3.8, 4) is 5.75 Å². The number of benzene rings is 1. The van der Waals surface area contributed by atoms with E-state index >= 15 is 0 Å². The topological polar surface area (TPSA) is 38.5 Å². The molecule has 112 valence electrons. The molecule has 3 nitrogen and oxygen atoms in total. The van der Waals surface area contributed by atoms with E-state index in [1.165, 1.54) is 19.3 Å². The number of piperidine rings is 1. The Morgan fingerprint density at radius 3 is 2.50 bits per heavy atom. The molecule has 0 bridgehead atoms. The van der Waals surface area contributed by atoms with Crippen LogP contribution in [0.3, 0.4) is 0 Å². The molecule has 1 aromatic rings. The third-order valence-electron chi connectivity index (χ3n) is 4.57. The minimum Gasteiger partial charge on any atom is -0.489 e. The maximum atomic E-state index is 6.30. The summed E-state index contributed by atoms with van der Waals surface area (Å²) < 4.78 is 5.79. The molecule has 1 saturated heterocycles. The number of hydrogen-bond acceptors (Lipinski definition) is 3. The molecule has 0 spiro atoms. The largest absolute Gasteiger partial charge is 0.489 e. The summed E-state index contributed by atoms with van der Waals surface area (Å²) in [5.41, 5.74) is 8.70. The van der Waals surface area contributed by atoms with Crippen molar-refractivity contribution in [2.75, 3.05) is 23.7 Å². The van der Waals surface area contributed by atoms with Crippen LogP contribution >= 0.6 is 0 Å². The van der Waals surface area contributed by atoms with Gasteiger partial charge in [-0.25, -0.2) is 0 Å². The zero-order valence-electron chi connectivity index (χ0n) is 13.3. The van der Waals surface area contributed by atoms with Crippen LogP contribution in [-0.4, -0.2) is 19.2 Å². The fourth-order valence-corrected chi connectivity index (χ4v) is 2.81. The van der Waals surface area contributed by atoms with Crippen LogP contribution in [0.5, 0.6) is 5.75 Å². The molecule has 1 heterocycles. The molecule has 2 N–H and O–H groups in total. The van der Waals surface area contributed by atoms with Crippen LogP contribution in [0.25, 0.3) is 0 Å². The summed E-state index contributed by atoms with van der Waals surface area (Å²) in [6.07, 6.45) is 3.88. The maximum Gasteiger partial charge on any atom is 0.144 e. The molecular weight excluding hydrogens is 248 g/mol. The molecule has 1 fully saturated rings. The van der Waals surface area contributed by atoms with Crippen LogP contribution in [0.2, 0.25) is 0 Å². The average molecular weight is 276 g/mol. The average Bonchev–Trinajstić information content (AvgIpc) is 2.42. The zero-order chi connectivity index (χ0) is 14.8. The normalized spacial score (nSPS) is 18.4. The van der Waals surface area contributed by atoms with E-state index in [2.05, 4.69) is 24.8 Å². The maximum absolute atomic E-state index is 6.30. The van der Waals surface area contributed by atoms with Gasteiger partial charge in [-0.1, -0.05) is 26.3 Å². The molecule has 3 heteroatoms. The van der Waals surface area contributed by atoms with Crippen molar-refractivity contribution in [1.82, 2.24) is 0 Å². The van der Waals surface area contributed by atoms with Crippen molar-refractivity contribution in [3.63, 3.8) is 0 Å². The first kappa shape index (κ1) is 15.0. The van der Waals surface area contributed by atoms with Gasteiger partial charge < -0.3 is 15.4 Å². The molecule has 1 aromatic carbocycles. The van der Waals surface area contributed by atoms with E-state index in [4.69, 9.17) is 10.5 Å². The Hall–Kier alpha value is -1.38. The monoisotopic (exact) mass is 276 g/mol. The van der Waals surface area contributed by atoms with E-state index in [0.717, 1.165) is 30.2 Å². The number of anilines is 2. The predicted octanol–water partition coefficient (Wildman–Crippen LogP) is 4.07. The summed E-state index contributed by atoms with van der Waals surface area (Å²) in [4.78, 5) is 2.40. The predicted molar refractivity (Wildman–Crippen MR) is 86.5 cm³/mol. The van der Waals surface area contributed by atoms with Crippen LogP contribution in [0.4, 0.5) is 11.4 Å². The summed E-state index contributed by atoms with van der Waals surface area (Å²) in [7, 11) is 0. The van der Waals surface area contributed by atoms with Crippen LogP contribution in [0.15, 0.2) is 18.2 Å². The van der Waals surface area contributed by atoms with Crippen LogP contribution < -0.4 is 15.4 Å². The third kappa shape index (κ3) is 3.20.